The Morgan fingerprint density at radius 2 is 2.06 bits per heavy atom. The summed E-state index contributed by atoms with van der Waals surface area (Å²) >= 11 is 5.91. The van der Waals surface area contributed by atoms with Gasteiger partial charge in [-0.25, -0.2) is 0 Å². The lowest BCUT2D eigenvalue weighted by Crippen LogP contribution is -2.09. The molecule has 0 unspecified atom stereocenters. The van der Waals surface area contributed by atoms with Gasteiger partial charge in [0, 0.05) is 12.6 Å². The average Bonchev–Trinajstić information content (AvgIpc) is 2.21. The molecule has 16 heavy (non-hydrogen) atoms. The molecule has 0 aliphatic carbocycles. The third-order valence-corrected chi connectivity index (χ3v) is 2.05. The quantitative estimate of drug-likeness (QED) is 0.795. The van der Waals surface area contributed by atoms with Gasteiger partial charge in [0.15, 0.2) is 0 Å². The molecule has 0 radical (unpaired) electrons. The van der Waals surface area contributed by atoms with E-state index in [1.54, 1.807) is 18.2 Å². The van der Waals surface area contributed by atoms with Crippen LogP contribution in [0.25, 0.3) is 0 Å². The van der Waals surface area contributed by atoms with E-state index in [1.807, 2.05) is 0 Å². The van der Waals surface area contributed by atoms with Gasteiger partial charge < -0.3 is 10.6 Å². The maximum absolute atomic E-state index is 11.0. The number of hydrogen-bond acceptors (Lipinski definition) is 2. The number of nitrogens with one attached hydrogen (secondary N) is 2. The lowest BCUT2D eigenvalue weighted by molar-refractivity contribution is -0.114. The summed E-state index contributed by atoms with van der Waals surface area (Å²) in [7, 11) is 0. The number of halogens is 1. The van der Waals surface area contributed by atoms with E-state index >= 15 is 0 Å². The maximum atomic E-state index is 11.0. The summed E-state index contributed by atoms with van der Waals surface area (Å²) in [6.45, 7) is 4.73. The SMILES string of the molecule is C=CC(=O)Nc1ccc(NC(C)=O)c(Cl)c1. The molecule has 2 N–H and O–H groups in total. The smallest absolute Gasteiger partial charge is 0.247 e. The van der Waals surface area contributed by atoms with Gasteiger partial charge >= 0.3 is 0 Å². The first-order valence-corrected chi connectivity index (χ1v) is 4.91. The Labute approximate surface area is 98.3 Å². The van der Waals surface area contributed by atoms with E-state index < -0.39 is 0 Å². The number of carbonyl (C=O) groups excluding carboxylic acids is 2. The number of benzene rings is 1. The summed E-state index contributed by atoms with van der Waals surface area (Å²) < 4.78 is 0. The molecule has 1 aromatic rings. The van der Waals surface area contributed by atoms with Gasteiger partial charge in [-0.05, 0) is 24.3 Å². The Hall–Kier alpha value is -1.81. The van der Waals surface area contributed by atoms with Crippen molar-refractivity contribution in [2.75, 3.05) is 10.6 Å². The molecule has 4 nitrogen and oxygen atoms in total. The second kappa shape index (κ2) is 5.32. The van der Waals surface area contributed by atoms with E-state index in [2.05, 4.69) is 17.2 Å². The van der Waals surface area contributed by atoms with Crippen molar-refractivity contribution >= 4 is 34.8 Å². The van der Waals surface area contributed by atoms with E-state index in [9.17, 15) is 9.59 Å². The second-order valence-corrected chi connectivity index (χ2v) is 3.48. The Balaban J connectivity index is 2.86. The van der Waals surface area contributed by atoms with Crippen molar-refractivity contribution in [1.82, 2.24) is 0 Å². The fourth-order valence-corrected chi connectivity index (χ4v) is 1.30. The van der Waals surface area contributed by atoms with Crippen molar-refractivity contribution in [3.05, 3.63) is 35.9 Å². The van der Waals surface area contributed by atoms with Gasteiger partial charge in [0.2, 0.25) is 11.8 Å². The van der Waals surface area contributed by atoms with Crippen LogP contribution in [0.3, 0.4) is 0 Å². The lowest BCUT2D eigenvalue weighted by atomic mass is 10.2. The van der Waals surface area contributed by atoms with E-state index in [-0.39, 0.29) is 11.8 Å². The van der Waals surface area contributed by atoms with Crippen molar-refractivity contribution in [3.8, 4) is 0 Å². The highest BCUT2D eigenvalue weighted by atomic mass is 35.5. The van der Waals surface area contributed by atoms with Crippen molar-refractivity contribution < 1.29 is 9.59 Å². The molecule has 0 aliphatic rings. The minimum atomic E-state index is -0.316. The van der Waals surface area contributed by atoms with Crippen LogP contribution >= 0.6 is 11.6 Å². The molecule has 0 bridgehead atoms. The predicted molar refractivity (Wildman–Crippen MR) is 64.6 cm³/mol. The Kier molecular flexibility index (Phi) is 4.08. The number of amides is 2. The van der Waals surface area contributed by atoms with Crippen LogP contribution < -0.4 is 10.6 Å². The number of anilines is 2. The Bertz CT molecular complexity index is 444. The molecule has 5 heteroatoms. The first-order chi connectivity index (χ1) is 7.52. The maximum Gasteiger partial charge on any atom is 0.247 e. The highest BCUT2D eigenvalue weighted by Gasteiger charge is 2.04. The molecule has 1 rings (SSSR count). The number of hydrogen-bond donors (Lipinski definition) is 2. The van der Waals surface area contributed by atoms with Gasteiger partial charge in [-0.2, -0.15) is 0 Å². The van der Waals surface area contributed by atoms with Crippen molar-refractivity contribution in [3.63, 3.8) is 0 Å². The van der Waals surface area contributed by atoms with E-state index in [4.69, 9.17) is 11.6 Å². The largest absolute Gasteiger partial charge is 0.325 e. The minimum absolute atomic E-state index is 0.204. The van der Waals surface area contributed by atoms with E-state index in [0.717, 1.165) is 6.08 Å². The van der Waals surface area contributed by atoms with Gasteiger partial charge in [0.25, 0.3) is 0 Å². The zero-order chi connectivity index (χ0) is 12.1. The summed E-state index contributed by atoms with van der Waals surface area (Å²) in [5, 5.41) is 5.48. The fraction of sp³-hybridized carbons (Fsp3) is 0.0909. The Morgan fingerprint density at radius 3 is 2.56 bits per heavy atom. The zero-order valence-corrected chi connectivity index (χ0v) is 9.47. The van der Waals surface area contributed by atoms with Gasteiger partial charge in [0.1, 0.15) is 0 Å². The van der Waals surface area contributed by atoms with Crippen molar-refractivity contribution in [2.24, 2.45) is 0 Å². The Morgan fingerprint density at radius 1 is 1.38 bits per heavy atom. The number of rotatable bonds is 3. The third-order valence-electron chi connectivity index (χ3n) is 1.73. The molecule has 1 aromatic carbocycles. The van der Waals surface area contributed by atoms with Crippen LogP contribution in [-0.4, -0.2) is 11.8 Å². The topological polar surface area (TPSA) is 58.2 Å². The third kappa shape index (κ3) is 3.40. The molecule has 2 amide bonds. The molecule has 0 heterocycles. The standard InChI is InChI=1S/C11H11ClN2O2/c1-3-11(16)14-8-4-5-10(9(12)6-8)13-7(2)15/h3-6H,1H2,2H3,(H,13,15)(H,14,16). The molecular weight excluding hydrogens is 228 g/mol. The minimum Gasteiger partial charge on any atom is -0.325 e. The van der Waals surface area contributed by atoms with Crippen LogP contribution in [0.15, 0.2) is 30.9 Å². The van der Waals surface area contributed by atoms with Crippen molar-refractivity contribution in [2.45, 2.75) is 6.92 Å². The second-order valence-electron chi connectivity index (χ2n) is 3.07. The molecular formula is C11H11ClN2O2. The van der Waals surface area contributed by atoms with Crippen LogP contribution in [0.5, 0.6) is 0 Å². The summed E-state index contributed by atoms with van der Waals surface area (Å²) in [6.07, 6.45) is 1.16. The van der Waals surface area contributed by atoms with Crippen LogP contribution in [-0.2, 0) is 9.59 Å². The molecule has 0 saturated heterocycles. The summed E-state index contributed by atoms with van der Waals surface area (Å²) in [6, 6.07) is 4.80. The van der Waals surface area contributed by atoms with Crippen molar-refractivity contribution in [1.29, 1.82) is 0 Å². The highest BCUT2D eigenvalue weighted by molar-refractivity contribution is 6.34. The first-order valence-electron chi connectivity index (χ1n) is 4.53. The highest BCUT2D eigenvalue weighted by Crippen LogP contribution is 2.25. The molecule has 84 valence electrons. The molecule has 0 spiro atoms. The zero-order valence-electron chi connectivity index (χ0n) is 8.71. The first kappa shape index (κ1) is 12.3. The fourth-order valence-electron chi connectivity index (χ4n) is 1.08. The predicted octanol–water partition coefficient (Wildman–Crippen LogP) is 2.42. The van der Waals surface area contributed by atoms with Gasteiger partial charge in [-0.1, -0.05) is 18.2 Å². The van der Waals surface area contributed by atoms with Crippen LogP contribution in [0.4, 0.5) is 11.4 Å². The summed E-state index contributed by atoms with van der Waals surface area (Å²) in [5.41, 5.74) is 1.05. The van der Waals surface area contributed by atoms with Crippen LogP contribution in [0.1, 0.15) is 6.92 Å². The number of carbonyl (C=O) groups is 2. The van der Waals surface area contributed by atoms with Gasteiger partial charge in [0.05, 0.1) is 10.7 Å². The van der Waals surface area contributed by atoms with Crippen LogP contribution in [0, 0.1) is 0 Å². The summed E-state index contributed by atoms with van der Waals surface area (Å²) in [4.78, 5) is 21.8. The molecule has 0 aliphatic heterocycles. The van der Waals surface area contributed by atoms with Gasteiger partial charge in [-0.3, -0.25) is 9.59 Å². The summed E-state index contributed by atoms with van der Waals surface area (Å²) in [5.74, 6) is -0.520. The molecule has 0 atom stereocenters. The molecule has 0 fully saturated rings. The normalized spacial score (nSPS) is 9.38. The average molecular weight is 239 g/mol. The van der Waals surface area contributed by atoms with Gasteiger partial charge in [-0.15, -0.1) is 0 Å². The molecule has 0 saturated carbocycles. The van der Waals surface area contributed by atoms with Crippen LogP contribution in [0.2, 0.25) is 5.02 Å². The van der Waals surface area contributed by atoms with E-state index in [0.29, 0.717) is 16.4 Å². The lowest BCUT2D eigenvalue weighted by Gasteiger charge is -2.07. The molecule has 0 aromatic heterocycles. The van der Waals surface area contributed by atoms with E-state index in [1.165, 1.54) is 6.92 Å². The monoisotopic (exact) mass is 238 g/mol.